The predicted octanol–water partition coefficient (Wildman–Crippen LogP) is 3.75. The molecule has 0 aliphatic carbocycles. The van der Waals surface area contributed by atoms with E-state index in [4.69, 9.17) is 20.8 Å². The van der Waals surface area contributed by atoms with Crippen molar-refractivity contribution in [2.45, 2.75) is 13.8 Å². The number of benzene rings is 1. The van der Waals surface area contributed by atoms with Crippen molar-refractivity contribution in [1.82, 2.24) is 9.78 Å². The number of carbonyl (C=O) groups excluding carboxylic acids is 2. The first-order chi connectivity index (χ1) is 12.9. The molecule has 0 aliphatic rings. The maximum Gasteiger partial charge on any atom is 0.374 e. The zero-order valence-corrected chi connectivity index (χ0v) is 15.8. The average Bonchev–Trinajstić information content (AvgIpc) is 3.21. The van der Waals surface area contributed by atoms with Crippen LogP contribution >= 0.6 is 11.6 Å². The fourth-order valence-corrected chi connectivity index (χ4v) is 2.81. The van der Waals surface area contributed by atoms with Gasteiger partial charge in [-0.15, -0.1) is 0 Å². The summed E-state index contributed by atoms with van der Waals surface area (Å²) in [5, 5.41) is 7.42. The zero-order chi connectivity index (χ0) is 19.6. The Kier molecular flexibility index (Phi) is 5.32. The lowest BCUT2D eigenvalue weighted by molar-refractivity contribution is -0.119. The maximum atomic E-state index is 12.1. The summed E-state index contributed by atoms with van der Waals surface area (Å²) >= 11 is 6.12. The Morgan fingerprint density at radius 3 is 2.63 bits per heavy atom. The molecule has 0 bridgehead atoms. The van der Waals surface area contributed by atoms with E-state index < -0.39 is 18.5 Å². The second-order valence-electron chi connectivity index (χ2n) is 5.94. The minimum atomic E-state index is -0.733. The largest absolute Gasteiger partial charge is 0.450 e. The highest BCUT2D eigenvalue weighted by Crippen LogP contribution is 2.29. The minimum absolute atomic E-state index is 0.00791. The molecular weight excluding hydrogens is 370 g/mol. The Bertz CT molecular complexity index is 1010. The lowest BCUT2D eigenvalue weighted by Gasteiger charge is -2.06. The highest BCUT2D eigenvalue weighted by atomic mass is 35.5. The second-order valence-corrected chi connectivity index (χ2v) is 6.34. The van der Waals surface area contributed by atoms with Gasteiger partial charge in [0.2, 0.25) is 5.76 Å². The van der Waals surface area contributed by atoms with Crippen molar-refractivity contribution in [1.29, 1.82) is 0 Å². The summed E-state index contributed by atoms with van der Waals surface area (Å²) < 4.78 is 12.2. The number of nitrogens with zero attached hydrogens (tertiary/aromatic N) is 2. The molecule has 0 saturated heterocycles. The third kappa shape index (κ3) is 4.03. The molecule has 1 aromatic carbocycles. The quantitative estimate of drug-likeness (QED) is 0.674. The first-order valence-electron chi connectivity index (χ1n) is 8.18. The number of ether oxygens (including phenoxy) is 1. The van der Waals surface area contributed by atoms with E-state index in [1.807, 2.05) is 13.0 Å². The fourth-order valence-electron chi connectivity index (χ4n) is 2.59. The summed E-state index contributed by atoms with van der Waals surface area (Å²) in [6, 6.07) is 10.2. The summed E-state index contributed by atoms with van der Waals surface area (Å²) in [5.74, 6) is -0.756. The van der Waals surface area contributed by atoms with Crippen LogP contribution in [-0.2, 0) is 16.6 Å². The Morgan fingerprint density at radius 1 is 1.22 bits per heavy atom. The van der Waals surface area contributed by atoms with Crippen LogP contribution in [0.25, 0.3) is 11.3 Å². The number of aromatic nitrogens is 2. The SMILES string of the molecule is Cc1nn(C)c(C)c1NC(=O)COC(=O)c1ccc(-c2ccccc2Cl)o1. The molecule has 3 rings (SSSR count). The number of hydrogen-bond donors (Lipinski definition) is 1. The number of esters is 1. The van der Waals surface area contributed by atoms with Crippen molar-refractivity contribution < 1.29 is 18.7 Å². The van der Waals surface area contributed by atoms with Gasteiger partial charge in [0.05, 0.1) is 22.1 Å². The molecule has 27 heavy (non-hydrogen) atoms. The highest BCUT2D eigenvalue weighted by molar-refractivity contribution is 6.33. The van der Waals surface area contributed by atoms with Gasteiger partial charge < -0.3 is 14.5 Å². The molecule has 2 heterocycles. The number of anilines is 1. The van der Waals surface area contributed by atoms with Gasteiger partial charge in [0.15, 0.2) is 6.61 Å². The number of nitrogens with one attached hydrogen (secondary N) is 1. The summed E-state index contributed by atoms with van der Waals surface area (Å²) in [5.41, 5.74) is 2.77. The lowest BCUT2D eigenvalue weighted by atomic mass is 10.2. The molecule has 0 atom stereocenters. The molecule has 1 N–H and O–H groups in total. The topological polar surface area (TPSA) is 86.4 Å². The molecule has 1 amide bonds. The van der Waals surface area contributed by atoms with Gasteiger partial charge in [0.25, 0.3) is 5.91 Å². The number of furan rings is 1. The zero-order valence-electron chi connectivity index (χ0n) is 15.1. The Hall–Kier alpha value is -3.06. The smallest absolute Gasteiger partial charge is 0.374 e. The molecule has 0 fully saturated rings. The van der Waals surface area contributed by atoms with E-state index in [1.165, 1.54) is 6.07 Å². The molecule has 140 valence electrons. The number of rotatable bonds is 5. The van der Waals surface area contributed by atoms with Gasteiger partial charge in [-0.2, -0.15) is 5.10 Å². The van der Waals surface area contributed by atoms with Crippen molar-refractivity contribution >= 4 is 29.2 Å². The Labute approximate surface area is 160 Å². The monoisotopic (exact) mass is 387 g/mol. The molecule has 0 unspecified atom stereocenters. The third-order valence-electron chi connectivity index (χ3n) is 4.05. The van der Waals surface area contributed by atoms with Crippen molar-refractivity contribution in [3.05, 3.63) is 58.6 Å². The first kappa shape index (κ1) is 18.7. The van der Waals surface area contributed by atoms with Crippen molar-refractivity contribution in [2.75, 3.05) is 11.9 Å². The van der Waals surface area contributed by atoms with Gasteiger partial charge in [-0.3, -0.25) is 9.48 Å². The van der Waals surface area contributed by atoms with E-state index in [-0.39, 0.29) is 5.76 Å². The molecule has 0 saturated carbocycles. The molecule has 0 aliphatic heterocycles. The Morgan fingerprint density at radius 2 is 1.96 bits per heavy atom. The Balaban J connectivity index is 1.61. The molecule has 2 aromatic heterocycles. The van der Waals surface area contributed by atoms with Gasteiger partial charge in [-0.1, -0.05) is 23.7 Å². The van der Waals surface area contributed by atoms with E-state index in [2.05, 4.69) is 10.4 Å². The predicted molar refractivity (Wildman–Crippen MR) is 101 cm³/mol. The summed E-state index contributed by atoms with van der Waals surface area (Å²) in [7, 11) is 1.78. The van der Waals surface area contributed by atoms with Crippen molar-refractivity contribution in [2.24, 2.45) is 7.05 Å². The first-order valence-corrected chi connectivity index (χ1v) is 8.56. The van der Waals surface area contributed by atoms with Crippen LogP contribution in [0.5, 0.6) is 0 Å². The van der Waals surface area contributed by atoms with Gasteiger partial charge in [0, 0.05) is 12.6 Å². The highest BCUT2D eigenvalue weighted by Gasteiger charge is 2.18. The molecular formula is C19H18ClN3O4. The molecule has 3 aromatic rings. The molecule has 8 heteroatoms. The van der Waals surface area contributed by atoms with Crippen LogP contribution in [0.15, 0.2) is 40.8 Å². The van der Waals surface area contributed by atoms with Gasteiger partial charge in [0.1, 0.15) is 5.76 Å². The van der Waals surface area contributed by atoms with Crippen LogP contribution in [0.2, 0.25) is 5.02 Å². The number of hydrogen-bond acceptors (Lipinski definition) is 5. The number of amides is 1. The van der Waals surface area contributed by atoms with Crippen LogP contribution in [-0.4, -0.2) is 28.3 Å². The van der Waals surface area contributed by atoms with Crippen LogP contribution in [0.3, 0.4) is 0 Å². The van der Waals surface area contributed by atoms with Crippen LogP contribution in [0, 0.1) is 13.8 Å². The molecule has 7 nitrogen and oxygen atoms in total. The minimum Gasteiger partial charge on any atom is -0.450 e. The van der Waals surface area contributed by atoms with E-state index >= 15 is 0 Å². The normalized spacial score (nSPS) is 10.7. The van der Waals surface area contributed by atoms with Crippen molar-refractivity contribution in [3.8, 4) is 11.3 Å². The van der Waals surface area contributed by atoms with Gasteiger partial charge in [-0.05, 0) is 38.1 Å². The summed E-state index contributed by atoms with van der Waals surface area (Å²) in [6.45, 7) is 3.18. The summed E-state index contributed by atoms with van der Waals surface area (Å²) in [4.78, 5) is 24.2. The van der Waals surface area contributed by atoms with E-state index in [0.717, 1.165) is 5.69 Å². The van der Waals surface area contributed by atoms with Crippen molar-refractivity contribution in [3.63, 3.8) is 0 Å². The second kappa shape index (κ2) is 7.67. The maximum absolute atomic E-state index is 12.1. The average molecular weight is 388 g/mol. The van der Waals surface area contributed by atoms with Crippen LogP contribution in [0.1, 0.15) is 21.9 Å². The van der Waals surface area contributed by atoms with E-state index in [9.17, 15) is 9.59 Å². The number of aryl methyl sites for hydroxylation is 2. The van der Waals surface area contributed by atoms with Gasteiger partial charge >= 0.3 is 5.97 Å². The van der Waals surface area contributed by atoms with E-state index in [0.29, 0.717) is 27.7 Å². The fraction of sp³-hybridized carbons (Fsp3) is 0.211. The number of carbonyl (C=O) groups is 2. The molecule has 0 spiro atoms. The lowest BCUT2D eigenvalue weighted by Crippen LogP contribution is -2.21. The van der Waals surface area contributed by atoms with Gasteiger partial charge in [-0.25, -0.2) is 4.79 Å². The summed E-state index contributed by atoms with van der Waals surface area (Å²) in [6.07, 6.45) is 0. The number of halogens is 1. The van der Waals surface area contributed by atoms with E-state index in [1.54, 1.807) is 42.9 Å². The van der Waals surface area contributed by atoms with Crippen LogP contribution in [0.4, 0.5) is 5.69 Å². The third-order valence-corrected chi connectivity index (χ3v) is 4.38. The standard InChI is InChI=1S/C19H18ClN3O4/c1-11-18(12(2)23(3)22-11)21-17(24)10-26-19(25)16-9-8-15(27-16)13-6-4-5-7-14(13)20/h4-9H,10H2,1-3H3,(H,21,24). The molecule has 0 radical (unpaired) electrons. The van der Waals surface area contributed by atoms with Crippen LogP contribution < -0.4 is 5.32 Å².